The molecule has 3 fully saturated rings. The molecule has 2 saturated heterocycles. The normalized spacial score (nSPS) is 22.1. The first-order chi connectivity index (χ1) is 14.8. The number of fused-ring (bicyclic) bond motifs is 2. The van der Waals surface area contributed by atoms with E-state index in [4.69, 9.17) is 32.7 Å². The van der Waals surface area contributed by atoms with Gasteiger partial charge in [0.25, 0.3) is 0 Å². The highest BCUT2D eigenvalue weighted by atomic mass is 35.5. The van der Waals surface area contributed by atoms with Crippen LogP contribution >= 0.6 is 23.2 Å². The fourth-order valence-corrected chi connectivity index (χ4v) is 4.73. The van der Waals surface area contributed by atoms with Gasteiger partial charge in [0.05, 0.1) is 35.7 Å². The summed E-state index contributed by atoms with van der Waals surface area (Å²) in [6.07, 6.45) is 3.98. The molecule has 0 aromatic carbocycles. The molecule has 164 valence electrons. The van der Waals surface area contributed by atoms with Crippen LogP contribution in [0.15, 0.2) is 6.20 Å². The fourth-order valence-electron chi connectivity index (χ4n) is 4.38. The lowest BCUT2D eigenvalue weighted by molar-refractivity contribution is -0.386. The number of halogens is 2. The Morgan fingerprint density at radius 2 is 2.16 bits per heavy atom. The second-order valence-corrected chi connectivity index (χ2v) is 8.71. The molecule has 13 heteroatoms. The molecular weight excluding hydrogens is 449 g/mol. The Bertz CT molecular complexity index is 1170. The van der Waals surface area contributed by atoms with Crippen molar-refractivity contribution in [1.82, 2.24) is 29.5 Å². The zero-order valence-corrected chi connectivity index (χ0v) is 18.1. The van der Waals surface area contributed by atoms with Crippen LogP contribution < -0.4 is 4.74 Å². The van der Waals surface area contributed by atoms with Gasteiger partial charge in [-0.15, -0.1) is 5.10 Å². The minimum Gasteiger partial charge on any atom is -0.472 e. The number of hydrogen-bond acceptors (Lipinski definition) is 8. The second-order valence-electron chi connectivity index (χ2n) is 8.01. The summed E-state index contributed by atoms with van der Waals surface area (Å²) < 4.78 is 14.8. The molecule has 1 saturated carbocycles. The lowest BCUT2D eigenvalue weighted by Crippen LogP contribution is -2.41. The van der Waals surface area contributed by atoms with Crippen molar-refractivity contribution in [3.63, 3.8) is 0 Å². The van der Waals surface area contributed by atoms with Crippen LogP contribution in [0.3, 0.4) is 0 Å². The standard InChI is InChI=1S/C18H19Cl2N7O4/c1-10-13(27(28)29)16(24-26(10)9-18-5-11(6-18)8-31-18)30-4-2-3-25-15-12(14(19)23-25)7-21-17(20)22-15/h7,11H,2-6,8-9H2,1H3. The molecule has 0 radical (unpaired) electrons. The third kappa shape index (κ3) is 3.60. The van der Waals surface area contributed by atoms with E-state index in [0.717, 1.165) is 19.4 Å². The molecule has 3 aromatic heterocycles. The van der Waals surface area contributed by atoms with E-state index in [-0.39, 0.29) is 34.2 Å². The van der Waals surface area contributed by atoms with E-state index in [1.54, 1.807) is 16.3 Å². The Hall–Kier alpha value is -2.50. The van der Waals surface area contributed by atoms with E-state index in [9.17, 15) is 10.1 Å². The SMILES string of the molecule is Cc1c([N+](=O)[O-])c(OCCCn2nc(Cl)c3cnc(Cl)nc32)nn1CC12CC(CO1)C2. The van der Waals surface area contributed by atoms with Crippen molar-refractivity contribution in [1.29, 1.82) is 0 Å². The maximum Gasteiger partial charge on any atom is 0.352 e. The van der Waals surface area contributed by atoms with Gasteiger partial charge in [0.2, 0.25) is 5.28 Å². The minimum absolute atomic E-state index is 0.0153. The molecule has 31 heavy (non-hydrogen) atoms. The van der Waals surface area contributed by atoms with Gasteiger partial charge in [0.1, 0.15) is 5.69 Å². The monoisotopic (exact) mass is 467 g/mol. The molecule has 0 amide bonds. The third-order valence-corrected chi connectivity index (χ3v) is 6.34. The first kappa shape index (κ1) is 20.4. The van der Waals surface area contributed by atoms with Gasteiger partial charge in [-0.25, -0.2) is 9.67 Å². The topological polar surface area (TPSA) is 123 Å². The molecule has 3 aromatic rings. The van der Waals surface area contributed by atoms with E-state index in [1.165, 1.54) is 6.20 Å². The van der Waals surface area contributed by atoms with Gasteiger partial charge in [0.15, 0.2) is 10.8 Å². The van der Waals surface area contributed by atoms with Crippen LogP contribution in [0.1, 0.15) is 25.0 Å². The van der Waals surface area contributed by atoms with Gasteiger partial charge in [-0.3, -0.25) is 14.8 Å². The summed E-state index contributed by atoms with van der Waals surface area (Å²) in [5.74, 6) is 0.620. The molecule has 0 N–H and O–H groups in total. The Balaban J connectivity index is 1.26. The van der Waals surface area contributed by atoms with Crippen molar-refractivity contribution < 1.29 is 14.4 Å². The fraction of sp³-hybridized carbons (Fsp3) is 0.556. The largest absolute Gasteiger partial charge is 0.472 e. The summed E-state index contributed by atoms with van der Waals surface area (Å²) >= 11 is 12.0. The summed E-state index contributed by atoms with van der Waals surface area (Å²) in [4.78, 5) is 19.2. The van der Waals surface area contributed by atoms with Crippen molar-refractivity contribution >= 4 is 39.9 Å². The highest BCUT2D eigenvalue weighted by Crippen LogP contribution is 2.49. The summed E-state index contributed by atoms with van der Waals surface area (Å²) in [5.41, 5.74) is 0.628. The predicted octanol–water partition coefficient (Wildman–Crippen LogP) is 3.19. The van der Waals surface area contributed by atoms with Crippen LogP contribution in [0.4, 0.5) is 5.69 Å². The third-order valence-electron chi connectivity index (χ3n) is 5.88. The molecule has 11 nitrogen and oxygen atoms in total. The van der Waals surface area contributed by atoms with E-state index in [1.807, 2.05) is 0 Å². The average Bonchev–Trinajstić information content (AvgIpc) is 3.43. The summed E-state index contributed by atoms with van der Waals surface area (Å²) in [7, 11) is 0. The summed E-state index contributed by atoms with van der Waals surface area (Å²) in [6, 6.07) is 0. The molecule has 5 heterocycles. The van der Waals surface area contributed by atoms with Crippen molar-refractivity contribution in [2.45, 2.75) is 44.9 Å². The highest BCUT2D eigenvalue weighted by Gasteiger charge is 2.52. The molecule has 0 spiro atoms. The van der Waals surface area contributed by atoms with Crippen LogP contribution in [0, 0.1) is 23.0 Å². The molecule has 2 aliphatic heterocycles. The molecule has 6 rings (SSSR count). The van der Waals surface area contributed by atoms with Gasteiger partial charge in [0, 0.05) is 19.2 Å². The van der Waals surface area contributed by atoms with E-state index >= 15 is 0 Å². The van der Waals surface area contributed by atoms with Gasteiger partial charge in [-0.2, -0.15) is 10.1 Å². The van der Waals surface area contributed by atoms with Crippen molar-refractivity contribution in [3.8, 4) is 5.88 Å². The molecule has 2 bridgehead atoms. The number of ether oxygens (including phenoxy) is 2. The predicted molar refractivity (Wildman–Crippen MR) is 110 cm³/mol. The van der Waals surface area contributed by atoms with Gasteiger partial charge in [-0.05, 0) is 37.3 Å². The number of rotatable bonds is 8. The number of hydrogen-bond donors (Lipinski definition) is 0. The second kappa shape index (κ2) is 7.57. The van der Waals surface area contributed by atoms with Crippen molar-refractivity contribution in [3.05, 3.63) is 32.4 Å². The van der Waals surface area contributed by atoms with Crippen molar-refractivity contribution in [2.75, 3.05) is 13.2 Å². The highest BCUT2D eigenvalue weighted by molar-refractivity contribution is 6.34. The summed E-state index contributed by atoms with van der Waals surface area (Å²) in [5, 5.41) is 21.2. The van der Waals surface area contributed by atoms with Crippen molar-refractivity contribution in [2.24, 2.45) is 5.92 Å². The minimum atomic E-state index is -0.454. The average molecular weight is 468 g/mol. The van der Waals surface area contributed by atoms with E-state index in [0.29, 0.717) is 42.2 Å². The molecule has 3 aliphatic rings. The maximum absolute atomic E-state index is 11.6. The lowest BCUT2D eigenvalue weighted by atomic mass is 9.74. The lowest BCUT2D eigenvalue weighted by Gasteiger charge is -2.35. The number of aryl methyl sites for hydroxylation is 1. The maximum atomic E-state index is 11.6. The van der Waals surface area contributed by atoms with Crippen LogP contribution in [0.2, 0.25) is 10.4 Å². The van der Waals surface area contributed by atoms with Crippen LogP contribution in [0.25, 0.3) is 11.0 Å². The summed E-state index contributed by atoms with van der Waals surface area (Å²) in [6.45, 7) is 3.58. The van der Waals surface area contributed by atoms with Crippen LogP contribution in [-0.2, 0) is 17.8 Å². The van der Waals surface area contributed by atoms with Crippen LogP contribution in [0.5, 0.6) is 5.88 Å². The van der Waals surface area contributed by atoms with Gasteiger partial charge < -0.3 is 9.47 Å². The number of nitro groups is 1. The molecular formula is C18H19Cl2N7O4. The Labute approximate surface area is 186 Å². The molecule has 0 atom stereocenters. The Kier molecular flexibility index (Phi) is 4.98. The molecule has 1 aliphatic carbocycles. The zero-order valence-electron chi connectivity index (χ0n) is 16.6. The quantitative estimate of drug-likeness (QED) is 0.214. The molecule has 0 unspecified atom stereocenters. The number of nitrogens with zero attached hydrogens (tertiary/aromatic N) is 7. The number of aromatic nitrogens is 6. The van der Waals surface area contributed by atoms with E-state index in [2.05, 4.69) is 20.2 Å². The first-order valence-electron chi connectivity index (χ1n) is 9.88. The van der Waals surface area contributed by atoms with E-state index < -0.39 is 4.92 Å². The van der Waals surface area contributed by atoms with Gasteiger partial charge >= 0.3 is 11.6 Å². The Morgan fingerprint density at radius 1 is 1.35 bits per heavy atom. The smallest absolute Gasteiger partial charge is 0.352 e. The van der Waals surface area contributed by atoms with Gasteiger partial charge in [-0.1, -0.05) is 11.6 Å². The first-order valence-corrected chi connectivity index (χ1v) is 10.6. The zero-order chi connectivity index (χ0) is 21.8. The Morgan fingerprint density at radius 3 is 2.87 bits per heavy atom. The van der Waals surface area contributed by atoms with Crippen LogP contribution in [-0.4, -0.2) is 53.3 Å².